The van der Waals surface area contributed by atoms with Crippen LogP contribution in [0, 0.1) is 13.8 Å². The molecular weight excluding hydrogens is 290 g/mol. The van der Waals surface area contributed by atoms with E-state index in [0.29, 0.717) is 0 Å². The van der Waals surface area contributed by atoms with Crippen molar-refractivity contribution in [3.8, 4) is 0 Å². The van der Waals surface area contributed by atoms with Crippen LogP contribution in [0.15, 0.2) is 41.0 Å². The minimum absolute atomic E-state index is 0.0463. The van der Waals surface area contributed by atoms with E-state index in [1.165, 1.54) is 5.56 Å². The summed E-state index contributed by atoms with van der Waals surface area (Å²) >= 11 is 3.54. The highest BCUT2D eigenvalue weighted by atomic mass is 79.9. The lowest BCUT2D eigenvalue weighted by atomic mass is 9.99. The van der Waals surface area contributed by atoms with E-state index in [9.17, 15) is 0 Å². The van der Waals surface area contributed by atoms with Crippen LogP contribution in [0.2, 0.25) is 0 Å². The second kappa shape index (κ2) is 5.61. The molecule has 18 heavy (non-hydrogen) atoms. The van der Waals surface area contributed by atoms with Crippen LogP contribution >= 0.6 is 15.9 Å². The first kappa shape index (κ1) is 13.2. The van der Waals surface area contributed by atoms with Crippen LogP contribution in [-0.2, 0) is 0 Å². The summed E-state index contributed by atoms with van der Waals surface area (Å²) in [5.74, 6) is 5.67. The van der Waals surface area contributed by atoms with Crippen LogP contribution in [0.5, 0.6) is 0 Å². The number of hydrazine groups is 1. The van der Waals surface area contributed by atoms with Crippen molar-refractivity contribution in [2.24, 2.45) is 5.84 Å². The van der Waals surface area contributed by atoms with Crippen molar-refractivity contribution in [1.29, 1.82) is 0 Å². The van der Waals surface area contributed by atoms with Gasteiger partial charge in [0.05, 0.1) is 6.04 Å². The van der Waals surface area contributed by atoms with E-state index in [1.54, 1.807) is 0 Å². The lowest BCUT2D eigenvalue weighted by Crippen LogP contribution is -2.29. The molecule has 0 fully saturated rings. The van der Waals surface area contributed by atoms with Gasteiger partial charge in [-0.1, -0.05) is 34.1 Å². The maximum absolute atomic E-state index is 5.67. The van der Waals surface area contributed by atoms with Crippen LogP contribution in [0.25, 0.3) is 0 Å². The molecule has 2 rings (SSSR count). The van der Waals surface area contributed by atoms with Crippen molar-refractivity contribution in [3.05, 3.63) is 63.4 Å². The molecule has 2 aromatic rings. The topological polar surface area (TPSA) is 50.9 Å². The smallest absolute Gasteiger partial charge is 0.0725 e. The average molecular weight is 306 g/mol. The summed E-state index contributed by atoms with van der Waals surface area (Å²) in [6.07, 6.45) is 1.85. The van der Waals surface area contributed by atoms with E-state index in [1.807, 2.05) is 25.3 Å². The molecule has 94 valence electrons. The molecule has 3 N–H and O–H groups in total. The van der Waals surface area contributed by atoms with Gasteiger partial charge in [-0.3, -0.25) is 10.8 Å². The molecule has 1 heterocycles. The minimum atomic E-state index is -0.0463. The number of rotatable bonds is 3. The van der Waals surface area contributed by atoms with Gasteiger partial charge in [0.2, 0.25) is 0 Å². The maximum atomic E-state index is 5.67. The first-order chi connectivity index (χ1) is 8.61. The Hall–Kier alpha value is -1.23. The Morgan fingerprint density at radius 3 is 2.44 bits per heavy atom. The molecule has 1 unspecified atom stereocenters. The van der Waals surface area contributed by atoms with E-state index in [4.69, 9.17) is 5.84 Å². The predicted molar refractivity (Wildman–Crippen MR) is 77.0 cm³/mol. The number of aromatic nitrogens is 1. The molecule has 0 aliphatic carbocycles. The van der Waals surface area contributed by atoms with Gasteiger partial charge in [-0.05, 0) is 42.7 Å². The fraction of sp³-hybridized carbons (Fsp3) is 0.214. The third-order valence-electron chi connectivity index (χ3n) is 2.96. The number of hydrogen-bond acceptors (Lipinski definition) is 3. The van der Waals surface area contributed by atoms with Crippen molar-refractivity contribution >= 4 is 15.9 Å². The zero-order chi connectivity index (χ0) is 13.1. The summed E-state index contributed by atoms with van der Waals surface area (Å²) in [5.41, 5.74) is 7.21. The molecule has 0 saturated heterocycles. The first-order valence-corrected chi connectivity index (χ1v) is 6.56. The molecule has 0 spiro atoms. The molecule has 4 heteroatoms. The number of nitrogens with zero attached hydrogens (tertiary/aromatic N) is 1. The lowest BCUT2D eigenvalue weighted by molar-refractivity contribution is 0.634. The zero-order valence-electron chi connectivity index (χ0n) is 10.4. The predicted octanol–water partition coefficient (Wildman–Crippen LogP) is 3.01. The Kier molecular flexibility index (Phi) is 4.11. The molecule has 0 aliphatic rings. The SMILES string of the molecule is Cc1ccc(C(NN)c2ccc(C)c(Br)c2)cn1. The van der Waals surface area contributed by atoms with Crippen LogP contribution in [0.4, 0.5) is 0 Å². The fourth-order valence-electron chi connectivity index (χ4n) is 1.82. The summed E-state index contributed by atoms with van der Waals surface area (Å²) in [4.78, 5) is 4.31. The summed E-state index contributed by atoms with van der Waals surface area (Å²) < 4.78 is 1.08. The molecule has 0 saturated carbocycles. The van der Waals surface area contributed by atoms with Gasteiger partial charge in [-0.2, -0.15) is 0 Å². The second-order valence-corrected chi connectivity index (χ2v) is 5.20. The summed E-state index contributed by atoms with van der Waals surface area (Å²) in [6.45, 7) is 4.03. The van der Waals surface area contributed by atoms with E-state index in [2.05, 4.69) is 51.5 Å². The van der Waals surface area contributed by atoms with E-state index >= 15 is 0 Å². The summed E-state index contributed by atoms with van der Waals surface area (Å²) in [7, 11) is 0. The monoisotopic (exact) mass is 305 g/mol. The normalized spacial score (nSPS) is 12.4. The molecule has 1 aromatic carbocycles. The maximum Gasteiger partial charge on any atom is 0.0725 e. The van der Waals surface area contributed by atoms with Crippen molar-refractivity contribution < 1.29 is 0 Å². The highest BCUT2D eigenvalue weighted by Gasteiger charge is 2.13. The Labute approximate surface area is 116 Å². The Balaban J connectivity index is 2.38. The van der Waals surface area contributed by atoms with Gasteiger partial charge in [-0.15, -0.1) is 0 Å². The standard InChI is InChI=1S/C14H16BrN3/c1-9-3-5-11(7-13(9)15)14(18-16)12-6-4-10(2)17-8-12/h3-8,14,18H,16H2,1-2H3. The number of nitrogens with one attached hydrogen (secondary N) is 1. The molecule has 0 bridgehead atoms. The number of halogens is 1. The van der Waals surface area contributed by atoms with Crippen molar-refractivity contribution in [3.63, 3.8) is 0 Å². The highest BCUT2D eigenvalue weighted by Crippen LogP contribution is 2.25. The molecule has 1 atom stereocenters. The fourth-order valence-corrected chi connectivity index (χ4v) is 2.22. The molecule has 1 aromatic heterocycles. The summed E-state index contributed by atoms with van der Waals surface area (Å²) in [6, 6.07) is 10.2. The van der Waals surface area contributed by atoms with Gasteiger partial charge in [0.25, 0.3) is 0 Å². The van der Waals surface area contributed by atoms with Crippen LogP contribution in [0.3, 0.4) is 0 Å². The second-order valence-electron chi connectivity index (χ2n) is 4.34. The number of aryl methyl sites for hydroxylation is 2. The number of pyridine rings is 1. The zero-order valence-corrected chi connectivity index (χ0v) is 12.0. The molecular formula is C14H16BrN3. The van der Waals surface area contributed by atoms with Gasteiger partial charge in [0.1, 0.15) is 0 Å². The van der Waals surface area contributed by atoms with Gasteiger partial charge >= 0.3 is 0 Å². The lowest BCUT2D eigenvalue weighted by Gasteiger charge is -2.17. The van der Waals surface area contributed by atoms with Crippen LogP contribution < -0.4 is 11.3 Å². The van der Waals surface area contributed by atoms with Crippen molar-refractivity contribution in [2.75, 3.05) is 0 Å². The number of nitrogens with two attached hydrogens (primary N) is 1. The van der Waals surface area contributed by atoms with Crippen LogP contribution in [-0.4, -0.2) is 4.98 Å². The molecule has 0 aliphatic heterocycles. The van der Waals surface area contributed by atoms with Crippen LogP contribution in [0.1, 0.15) is 28.4 Å². The Morgan fingerprint density at radius 2 is 1.89 bits per heavy atom. The third kappa shape index (κ3) is 2.77. The number of hydrogen-bond donors (Lipinski definition) is 2. The van der Waals surface area contributed by atoms with E-state index < -0.39 is 0 Å². The molecule has 3 nitrogen and oxygen atoms in total. The third-order valence-corrected chi connectivity index (χ3v) is 3.82. The minimum Gasteiger partial charge on any atom is -0.271 e. The Bertz CT molecular complexity index is 537. The highest BCUT2D eigenvalue weighted by molar-refractivity contribution is 9.10. The van der Waals surface area contributed by atoms with Gasteiger partial charge in [-0.25, -0.2) is 5.43 Å². The quantitative estimate of drug-likeness (QED) is 0.677. The van der Waals surface area contributed by atoms with Gasteiger partial charge < -0.3 is 0 Å². The first-order valence-electron chi connectivity index (χ1n) is 5.76. The van der Waals surface area contributed by atoms with Gasteiger partial charge in [0.15, 0.2) is 0 Å². The largest absolute Gasteiger partial charge is 0.271 e. The van der Waals surface area contributed by atoms with Gasteiger partial charge in [0, 0.05) is 16.4 Å². The summed E-state index contributed by atoms with van der Waals surface area (Å²) in [5, 5.41) is 0. The Morgan fingerprint density at radius 1 is 1.17 bits per heavy atom. The molecule has 0 radical (unpaired) electrons. The van der Waals surface area contributed by atoms with Crippen molar-refractivity contribution in [1.82, 2.24) is 10.4 Å². The van der Waals surface area contributed by atoms with Crippen molar-refractivity contribution in [2.45, 2.75) is 19.9 Å². The van der Waals surface area contributed by atoms with E-state index in [0.717, 1.165) is 21.3 Å². The molecule has 0 amide bonds. The average Bonchev–Trinajstić information content (AvgIpc) is 2.37. The van der Waals surface area contributed by atoms with E-state index in [-0.39, 0.29) is 6.04 Å². The number of benzene rings is 1.